The Morgan fingerprint density at radius 3 is 2.32 bits per heavy atom. The Balaban J connectivity index is 2.32. The van der Waals surface area contributed by atoms with Crippen molar-refractivity contribution >= 4 is 11.9 Å². The molecule has 0 fully saturated rings. The number of ketones is 1. The number of hydrogen-bond acceptors (Lipinski definition) is 4. The molecule has 0 saturated carbocycles. The molecule has 1 heterocycles. The summed E-state index contributed by atoms with van der Waals surface area (Å²) in [5, 5.41) is 0. The zero-order chi connectivity index (χ0) is 13.7. The molecule has 0 bridgehead atoms. The van der Waals surface area contributed by atoms with Gasteiger partial charge in [-0.25, -0.2) is 0 Å². The Morgan fingerprint density at radius 1 is 1.11 bits per heavy atom. The third kappa shape index (κ3) is 2.85. The quantitative estimate of drug-likeness (QED) is 0.610. The first-order valence-electron chi connectivity index (χ1n) is 5.73. The van der Waals surface area contributed by atoms with Crippen LogP contribution in [-0.4, -0.2) is 20.0 Å². The Morgan fingerprint density at radius 2 is 1.79 bits per heavy atom. The van der Waals surface area contributed by atoms with E-state index in [0.29, 0.717) is 22.8 Å². The molecule has 0 atom stereocenters. The number of allylic oxidation sites excluding steroid dienone is 1. The first kappa shape index (κ1) is 13.0. The van der Waals surface area contributed by atoms with Gasteiger partial charge in [0, 0.05) is 0 Å². The number of rotatable bonds is 5. The van der Waals surface area contributed by atoms with Crippen LogP contribution in [0.15, 0.2) is 47.1 Å². The largest absolute Gasteiger partial charge is 0.496 e. The molecule has 4 nitrogen and oxygen atoms in total. The summed E-state index contributed by atoms with van der Waals surface area (Å²) in [6, 6.07) is 8.73. The summed E-state index contributed by atoms with van der Waals surface area (Å²) in [4.78, 5) is 12.2. The van der Waals surface area contributed by atoms with Crippen LogP contribution in [0.5, 0.6) is 11.5 Å². The summed E-state index contributed by atoms with van der Waals surface area (Å²) in [5.41, 5.74) is 0.398. The van der Waals surface area contributed by atoms with Gasteiger partial charge in [-0.3, -0.25) is 4.79 Å². The van der Waals surface area contributed by atoms with E-state index in [1.165, 1.54) is 20.3 Å². The van der Waals surface area contributed by atoms with Gasteiger partial charge in [0.1, 0.15) is 22.8 Å². The van der Waals surface area contributed by atoms with Gasteiger partial charge in [-0.2, -0.15) is 0 Å². The van der Waals surface area contributed by atoms with Crippen molar-refractivity contribution < 1.29 is 18.7 Å². The number of methoxy groups -OCH3 is 2. The molecule has 4 heteroatoms. The molecule has 19 heavy (non-hydrogen) atoms. The topological polar surface area (TPSA) is 48.7 Å². The maximum atomic E-state index is 12.2. The maximum Gasteiger partial charge on any atom is 0.193 e. The minimum Gasteiger partial charge on any atom is -0.496 e. The van der Waals surface area contributed by atoms with E-state index < -0.39 is 0 Å². The molecular weight excluding hydrogens is 244 g/mol. The standard InChI is InChI=1S/C15H14O4/c1-17-13-6-3-7-14(18-2)15(13)12(16)9-8-11-5-4-10-19-11/h3-10H,1-2H3. The van der Waals surface area contributed by atoms with Crippen molar-refractivity contribution in [2.24, 2.45) is 0 Å². The summed E-state index contributed by atoms with van der Waals surface area (Å²) < 4.78 is 15.5. The number of carbonyl (C=O) groups excluding carboxylic acids is 1. The molecule has 98 valence electrons. The summed E-state index contributed by atoms with van der Waals surface area (Å²) in [7, 11) is 3.03. The number of carbonyl (C=O) groups is 1. The number of ether oxygens (including phenoxy) is 2. The predicted molar refractivity (Wildman–Crippen MR) is 71.6 cm³/mol. The van der Waals surface area contributed by atoms with E-state index in [4.69, 9.17) is 13.9 Å². The van der Waals surface area contributed by atoms with Crippen molar-refractivity contribution in [2.75, 3.05) is 14.2 Å². The molecule has 0 aliphatic carbocycles. The molecule has 1 aromatic heterocycles. The van der Waals surface area contributed by atoms with E-state index in [-0.39, 0.29) is 5.78 Å². The molecule has 0 radical (unpaired) electrons. The van der Waals surface area contributed by atoms with Crippen LogP contribution >= 0.6 is 0 Å². The highest BCUT2D eigenvalue weighted by molar-refractivity contribution is 6.10. The Hall–Kier alpha value is -2.49. The minimum atomic E-state index is -0.203. The van der Waals surface area contributed by atoms with Crippen LogP contribution < -0.4 is 9.47 Å². The van der Waals surface area contributed by atoms with Crippen LogP contribution in [0.25, 0.3) is 6.08 Å². The van der Waals surface area contributed by atoms with E-state index in [1.807, 2.05) is 0 Å². The molecule has 2 rings (SSSR count). The third-order valence-electron chi connectivity index (χ3n) is 2.62. The molecule has 0 saturated heterocycles. The van der Waals surface area contributed by atoms with Gasteiger partial charge in [0.15, 0.2) is 5.78 Å². The highest BCUT2D eigenvalue weighted by atomic mass is 16.5. The van der Waals surface area contributed by atoms with Crippen LogP contribution in [0.1, 0.15) is 16.1 Å². The van der Waals surface area contributed by atoms with Crippen molar-refractivity contribution in [3.63, 3.8) is 0 Å². The molecular formula is C15H14O4. The minimum absolute atomic E-state index is 0.203. The normalized spacial score (nSPS) is 10.6. The first-order chi connectivity index (χ1) is 9.26. The van der Waals surface area contributed by atoms with E-state index in [0.717, 1.165) is 0 Å². The molecule has 0 amide bonds. The van der Waals surface area contributed by atoms with Crippen LogP contribution in [0.2, 0.25) is 0 Å². The summed E-state index contributed by atoms with van der Waals surface area (Å²) in [6.45, 7) is 0. The molecule has 0 N–H and O–H groups in total. The van der Waals surface area contributed by atoms with Gasteiger partial charge < -0.3 is 13.9 Å². The molecule has 0 unspecified atom stereocenters. The highest BCUT2D eigenvalue weighted by Crippen LogP contribution is 2.29. The van der Waals surface area contributed by atoms with E-state index in [9.17, 15) is 4.79 Å². The monoisotopic (exact) mass is 258 g/mol. The van der Waals surface area contributed by atoms with E-state index in [2.05, 4.69) is 0 Å². The summed E-state index contributed by atoms with van der Waals surface area (Å²) in [5.74, 6) is 1.37. The van der Waals surface area contributed by atoms with Crippen molar-refractivity contribution in [1.29, 1.82) is 0 Å². The zero-order valence-electron chi connectivity index (χ0n) is 10.8. The lowest BCUT2D eigenvalue weighted by Gasteiger charge is -2.10. The highest BCUT2D eigenvalue weighted by Gasteiger charge is 2.15. The van der Waals surface area contributed by atoms with Gasteiger partial charge in [0.25, 0.3) is 0 Å². The molecule has 0 spiro atoms. The van der Waals surface area contributed by atoms with Crippen LogP contribution in [0.4, 0.5) is 0 Å². The third-order valence-corrected chi connectivity index (χ3v) is 2.62. The van der Waals surface area contributed by atoms with Crippen molar-refractivity contribution in [3.05, 3.63) is 54.0 Å². The molecule has 1 aromatic carbocycles. The van der Waals surface area contributed by atoms with Gasteiger partial charge in [-0.1, -0.05) is 6.07 Å². The maximum absolute atomic E-state index is 12.2. The lowest BCUT2D eigenvalue weighted by atomic mass is 10.1. The fraction of sp³-hybridized carbons (Fsp3) is 0.133. The van der Waals surface area contributed by atoms with Gasteiger partial charge in [0.2, 0.25) is 0 Å². The fourth-order valence-corrected chi connectivity index (χ4v) is 1.72. The predicted octanol–water partition coefficient (Wildman–Crippen LogP) is 3.19. The van der Waals surface area contributed by atoms with E-state index in [1.54, 1.807) is 42.7 Å². The zero-order valence-corrected chi connectivity index (χ0v) is 10.8. The van der Waals surface area contributed by atoms with Gasteiger partial charge in [0.05, 0.1) is 20.5 Å². The lowest BCUT2D eigenvalue weighted by Crippen LogP contribution is -2.02. The Bertz CT molecular complexity index is 560. The Labute approximate surface area is 111 Å². The smallest absolute Gasteiger partial charge is 0.193 e. The second-order valence-electron chi connectivity index (χ2n) is 3.75. The van der Waals surface area contributed by atoms with Crippen LogP contribution in [0.3, 0.4) is 0 Å². The summed E-state index contributed by atoms with van der Waals surface area (Å²) in [6.07, 6.45) is 4.58. The fourth-order valence-electron chi connectivity index (χ4n) is 1.72. The number of hydrogen-bond donors (Lipinski definition) is 0. The summed E-state index contributed by atoms with van der Waals surface area (Å²) >= 11 is 0. The second-order valence-corrected chi connectivity index (χ2v) is 3.75. The van der Waals surface area contributed by atoms with Crippen LogP contribution in [0, 0.1) is 0 Å². The van der Waals surface area contributed by atoms with Gasteiger partial charge >= 0.3 is 0 Å². The van der Waals surface area contributed by atoms with Gasteiger partial charge in [-0.15, -0.1) is 0 Å². The van der Waals surface area contributed by atoms with Crippen molar-refractivity contribution in [2.45, 2.75) is 0 Å². The number of furan rings is 1. The van der Waals surface area contributed by atoms with Gasteiger partial charge in [-0.05, 0) is 36.4 Å². The van der Waals surface area contributed by atoms with Crippen molar-refractivity contribution in [3.8, 4) is 11.5 Å². The lowest BCUT2D eigenvalue weighted by molar-refractivity contribution is 0.104. The number of benzene rings is 1. The molecule has 2 aromatic rings. The average molecular weight is 258 g/mol. The second kappa shape index (κ2) is 5.91. The van der Waals surface area contributed by atoms with Crippen molar-refractivity contribution in [1.82, 2.24) is 0 Å². The van der Waals surface area contributed by atoms with Crippen LogP contribution in [-0.2, 0) is 0 Å². The molecule has 0 aliphatic heterocycles. The first-order valence-corrected chi connectivity index (χ1v) is 5.73. The average Bonchev–Trinajstić information content (AvgIpc) is 2.97. The molecule has 0 aliphatic rings. The SMILES string of the molecule is COc1cccc(OC)c1C(=O)C=Cc1ccco1. The van der Waals surface area contributed by atoms with E-state index >= 15 is 0 Å². The Kier molecular flexibility index (Phi) is 4.03.